The summed E-state index contributed by atoms with van der Waals surface area (Å²) in [5, 5.41) is 4.51. The Morgan fingerprint density at radius 3 is 2.86 bits per heavy atom. The van der Waals surface area contributed by atoms with Crippen molar-refractivity contribution >= 4 is 45.4 Å². The predicted molar refractivity (Wildman–Crippen MR) is 92.2 cm³/mol. The molecule has 0 aromatic carbocycles. The second kappa shape index (κ2) is 7.49. The number of carbonyl (C=O) groups excluding carboxylic acids is 1. The molecule has 1 amide bonds. The zero-order chi connectivity index (χ0) is 16.3. The van der Waals surface area contributed by atoms with Gasteiger partial charge in [-0.25, -0.2) is 0 Å². The average Bonchev–Trinajstić information content (AvgIpc) is 2.95. The van der Waals surface area contributed by atoms with Gasteiger partial charge in [-0.2, -0.15) is 9.78 Å². The third kappa shape index (κ3) is 4.48. The number of rotatable bonds is 7. The Hall–Kier alpha value is -1.03. The molecule has 0 spiro atoms. The smallest absolute Gasteiger partial charge is 0.217 e. The zero-order valence-electron chi connectivity index (χ0n) is 12.5. The minimum atomic E-state index is -0.327. The summed E-state index contributed by atoms with van der Waals surface area (Å²) < 4.78 is 5.45. The maximum absolute atomic E-state index is 10.9. The lowest BCUT2D eigenvalue weighted by Crippen LogP contribution is -3.06. The monoisotopic (exact) mass is 404 g/mol. The lowest BCUT2D eigenvalue weighted by molar-refractivity contribution is -0.917. The van der Waals surface area contributed by atoms with Crippen molar-refractivity contribution in [2.45, 2.75) is 26.1 Å². The molecule has 0 aliphatic heterocycles. The molecule has 0 fully saturated rings. The summed E-state index contributed by atoms with van der Waals surface area (Å²) in [6.45, 7) is 1.59. The fourth-order valence-electron chi connectivity index (χ4n) is 2.14. The van der Waals surface area contributed by atoms with Crippen molar-refractivity contribution in [1.29, 1.82) is 0 Å². The molecule has 9 heteroatoms. The van der Waals surface area contributed by atoms with Gasteiger partial charge >= 0.3 is 0 Å². The molecule has 3 N–H and O–H groups in total. The molecule has 0 bridgehead atoms. The van der Waals surface area contributed by atoms with Gasteiger partial charge in [0.2, 0.25) is 10.7 Å². The number of amides is 1. The second-order valence-corrected chi connectivity index (χ2v) is 8.13. The summed E-state index contributed by atoms with van der Waals surface area (Å²) in [5.74, 6) is 0.460. The van der Waals surface area contributed by atoms with Crippen LogP contribution in [0.3, 0.4) is 0 Å². The van der Waals surface area contributed by atoms with Crippen LogP contribution in [-0.2, 0) is 31.5 Å². The van der Waals surface area contributed by atoms with Crippen LogP contribution in [0.2, 0.25) is 0 Å². The lowest BCUT2D eigenvalue weighted by atomic mass is 10.3. The first-order chi connectivity index (χ1) is 10.4. The van der Waals surface area contributed by atoms with E-state index in [-0.39, 0.29) is 12.3 Å². The number of nitrogens with two attached hydrogens (primary N) is 1. The normalized spacial score (nSPS) is 12.5. The first kappa shape index (κ1) is 17.3. The molecule has 0 aliphatic carbocycles. The second-order valence-electron chi connectivity index (χ2n) is 5.22. The first-order valence-corrected chi connectivity index (χ1v) is 8.85. The number of thiophene rings is 1. The number of halogens is 1. The zero-order valence-corrected chi connectivity index (χ0v) is 15.7. The molecule has 6 nitrogen and oxygen atoms in total. The first-order valence-electron chi connectivity index (χ1n) is 6.83. The molecule has 22 heavy (non-hydrogen) atoms. The molecule has 2 aromatic heterocycles. The quantitative estimate of drug-likeness (QED) is 0.672. The summed E-state index contributed by atoms with van der Waals surface area (Å²) in [6.07, 6.45) is 0.797. The molecule has 0 radical (unpaired) electrons. The highest BCUT2D eigenvalue weighted by Crippen LogP contribution is 2.21. The summed E-state index contributed by atoms with van der Waals surface area (Å²) >= 11 is 10.6. The van der Waals surface area contributed by atoms with Crippen LogP contribution in [0.25, 0.3) is 0 Å². The predicted octanol–water partition coefficient (Wildman–Crippen LogP) is 0.865. The molecular formula is C13H19BrN5OS2+. The molecular weight excluding hydrogens is 386 g/mol. The van der Waals surface area contributed by atoms with E-state index in [4.69, 9.17) is 18.0 Å². The van der Waals surface area contributed by atoms with Gasteiger partial charge in [0.1, 0.15) is 12.4 Å². The van der Waals surface area contributed by atoms with E-state index in [9.17, 15) is 4.79 Å². The molecule has 2 heterocycles. The van der Waals surface area contributed by atoms with Gasteiger partial charge in [0.05, 0.1) is 15.7 Å². The number of quaternary nitrogens is 1. The molecule has 0 saturated carbocycles. The molecule has 1 unspecified atom stereocenters. The Balaban J connectivity index is 2.04. The largest absolute Gasteiger partial charge is 0.370 e. The van der Waals surface area contributed by atoms with Gasteiger partial charge in [-0.15, -0.1) is 11.3 Å². The molecule has 0 aliphatic rings. The van der Waals surface area contributed by atoms with Crippen LogP contribution in [-0.4, -0.2) is 27.3 Å². The van der Waals surface area contributed by atoms with Gasteiger partial charge < -0.3 is 15.2 Å². The van der Waals surface area contributed by atoms with Gasteiger partial charge in [-0.05, 0) is 40.3 Å². The Bertz CT molecular complexity index is 720. The van der Waals surface area contributed by atoms with Gasteiger partial charge in [0.15, 0.2) is 6.67 Å². The van der Waals surface area contributed by atoms with Gasteiger partial charge in [0.25, 0.3) is 0 Å². The number of aryl methyl sites for hydroxylation is 1. The van der Waals surface area contributed by atoms with Crippen molar-refractivity contribution in [3.05, 3.63) is 31.4 Å². The minimum absolute atomic E-state index is 0.283. The highest BCUT2D eigenvalue weighted by molar-refractivity contribution is 9.11. The topological polar surface area (TPSA) is 70.3 Å². The van der Waals surface area contributed by atoms with Gasteiger partial charge in [0, 0.05) is 19.9 Å². The Morgan fingerprint density at radius 1 is 1.55 bits per heavy atom. The third-order valence-electron chi connectivity index (χ3n) is 3.25. The summed E-state index contributed by atoms with van der Waals surface area (Å²) in [7, 11) is 3.97. The van der Waals surface area contributed by atoms with Crippen LogP contribution < -0.4 is 10.6 Å². The van der Waals surface area contributed by atoms with Crippen molar-refractivity contribution in [2.24, 2.45) is 12.8 Å². The highest BCUT2D eigenvalue weighted by atomic mass is 79.9. The molecule has 120 valence electrons. The molecule has 2 rings (SSSR count). The van der Waals surface area contributed by atoms with E-state index in [0.717, 1.165) is 16.2 Å². The fourth-order valence-corrected chi connectivity index (χ4v) is 3.95. The van der Waals surface area contributed by atoms with Crippen LogP contribution in [0.5, 0.6) is 0 Å². The number of hydrogen-bond acceptors (Lipinski definition) is 4. The van der Waals surface area contributed by atoms with Crippen LogP contribution in [0, 0.1) is 4.77 Å². The van der Waals surface area contributed by atoms with Crippen molar-refractivity contribution in [2.75, 3.05) is 7.05 Å². The summed E-state index contributed by atoms with van der Waals surface area (Å²) in [4.78, 5) is 13.5. The Labute approximate surface area is 146 Å². The van der Waals surface area contributed by atoms with Crippen LogP contribution in [0.1, 0.15) is 17.1 Å². The van der Waals surface area contributed by atoms with E-state index in [1.807, 2.05) is 16.3 Å². The maximum Gasteiger partial charge on any atom is 0.217 e. The fraction of sp³-hybridized carbons (Fsp3) is 0.462. The third-order valence-corrected chi connectivity index (χ3v) is 5.36. The number of nitrogens with zero attached hydrogens (tertiary/aromatic N) is 3. The van der Waals surface area contributed by atoms with Crippen molar-refractivity contribution in [1.82, 2.24) is 14.3 Å². The number of aromatic nitrogens is 3. The maximum atomic E-state index is 10.9. The van der Waals surface area contributed by atoms with Gasteiger partial charge in [-0.3, -0.25) is 4.79 Å². The molecule has 0 saturated heterocycles. The van der Waals surface area contributed by atoms with E-state index in [1.54, 1.807) is 11.3 Å². The van der Waals surface area contributed by atoms with E-state index in [0.29, 0.717) is 17.9 Å². The highest BCUT2D eigenvalue weighted by Gasteiger charge is 2.13. The number of carbonyl (C=O) groups is 1. The number of primary amides is 1. The van der Waals surface area contributed by atoms with Crippen molar-refractivity contribution in [3.63, 3.8) is 0 Å². The molecule has 1 atom stereocenters. The van der Waals surface area contributed by atoms with E-state index >= 15 is 0 Å². The average molecular weight is 405 g/mol. The summed E-state index contributed by atoms with van der Waals surface area (Å²) in [5.41, 5.74) is 5.19. The van der Waals surface area contributed by atoms with Gasteiger partial charge in [-0.1, -0.05) is 0 Å². The van der Waals surface area contributed by atoms with Crippen LogP contribution in [0.4, 0.5) is 0 Å². The van der Waals surface area contributed by atoms with Crippen molar-refractivity contribution in [3.8, 4) is 0 Å². The number of hydrogen-bond donors (Lipinski definition) is 2. The lowest BCUT2D eigenvalue weighted by Gasteiger charge is -2.12. The standard InChI is InChI=1S/C13H18BrN5OS2/c1-17(7-9-3-4-10(14)22-9)8-19-13(21)18(2)12(16-19)6-5-11(15)20/h3-4H,5-8H2,1-2H3,(H2,15,20)/p+1. The number of nitrogens with one attached hydrogen (secondary N) is 1. The minimum Gasteiger partial charge on any atom is -0.370 e. The molecule has 2 aromatic rings. The van der Waals surface area contributed by atoms with E-state index in [2.05, 4.69) is 40.2 Å². The van der Waals surface area contributed by atoms with E-state index in [1.165, 1.54) is 9.78 Å². The van der Waals surface area contributed by atoms with Crippen molar-refractivity contribution < 1.29 is 9.69 Å². The van der Waals surface area contributed by atoms with Crippen LogP contribution >= 0.6 is 39.5 Å². The Morgan fingerprint density at radius 2 is 2.27 bits per heavy atom. The van der Waals surface area contributed by atoms with E-state index < -0.39 is 0 Å². The van der Waals surface area contributed by atoms with Crippen LogP contribution in [0.15, 0.2) is 15.9 Å². The summed E-state index contributed by atoms with van der Waals surface area (Å²) in [6, 6.07) is 4.18. The Kier molecular flexibility index (Phi) is 5.90. The SMILES string of the molecule is Cn1c(CCC(N)=O)nn(C[NH+](C)Cc2ccc(Br)s2)c1=S.